The van der Waals surface area contributed by atoms with E-state index in [2.05, 4.69) is 27.1 Å². The lowest BCUT2D eigenvalue weighted by Crippen LogP contribution is -2.27. The van der Waals surface area contributed by atoms with Crippen molar-refractivity contribution in [1.29, 1.82) is 0 Å². The molecule has 0 aromatic carbocycles. The molecule has 0 aliphatic carbocycles. The minimum Gasteiger partial charge on any atom is -0.330 e. The van der Waals surface area contributed by atoms with Crippen molar-refractivity contribution in [1.82, 2.24) is 5.54 Å². The van der Waals surface area contributed by atoms with Crippen LogP contribution in [0.5, 0.6) is 0 Å². The number of nitrogens with one attached hydrogen (secondary N) is 1. The van der Waals surface area contributed by atoms with E-state index in [0.717, 1.165) is 0 Å². The summed E-state index contributed by atoms with van der Waals surface area (Å²) in [5.41, 5.74) is 11.9. The first-order chi connectivity index (χ1) is 16.4. The van der Waals surface area contributed by atoms with Crippen molar-refractivity contribution in [3.8, 4) is 0 Å². The second-order valence-corrected chi connectivity index (χ2v) is 12.5. The highest BCUT2D eigenvalue weighted by Gasteiger charge is 2.29. The average molecular weight is 617 g/mol. The molecular weight excluding hydrogens is 585 g/mol. The van der Waals surface area contributed by atoms with E-state index in [1.807, 2.05) is 0 Å². The van der Waals surface area contributed by atoms with Gasteiger partial charge in [0.15, 0.2) is 0 Å². The van der Waals surface area contributed by atoms with Crippen molar-refractivity contribution in [2.45, 2.75) is 0 Å². The zero-order valence-corrected chi connectivity index (χ0v) is 22.3. The molecule has 11 N–H and O–H groups in total. The summed E-state index contributed by atoms with van der Waals surface area (Å²) in [6.07, 6.45) is 0. The van der Waals surface area contributed by atoms with Crippen molar-refractivity contribution in [2.24, 2.45) is 29.2 Å². The zero-order valence-electron chi connectivity index (χ0n) is 18.7. The molecule has 0 heterocycles. The summed E-state index contributed by atoms with van der Waals surface area (Å²) in [6.45, 7) is -4.85. The molecule has 0 rings (SSSR count). The fourth-order valence-electron chi connectivity index (χ4n) is 1.92. The summed E-state index contributed by atoms with van der Waals surface area (Å²) < 4.78 is 85.1. The first-order valence-corrected chi connectivity index (χ1v) is 15.8. The van der Waals surface area contributed by atoms with E-state index in [-0.39, 0.29) is 13.1 Å². The van der Waals surface area contributed by atoms with Gasteiger partial charge in [-0.1, -0.05) is 0 Å². The number of hydrogen-bond acceptors (Lipinski definition) is 13. The SMILES string of the molecule is NCC(COP(=O)(O)O)COP(=O)(O)OCC(CNF)COP(=O)(O)OCC(CN)COP(=O)(O)O. The van der Waals surface area contributed by atoms with Crippen LogP contribution in [0.25, 0.3) is 0 Å². The third-order valence-corrected chi connectivity index (χ3v) is 6.76. The van der Waals surface area contributed by atoms with Gasteiger partial charge in [-0.05, 0) is 13.1 Å². The van der Waals surface area contributed by atoms with Gasteiger partial charge in [-0.15, -0.1) is 4.48 Å². The van der Waals surface area contributed by atoms with Crippen LogP contribution in [0.2, 0.25) is 0 Å². The van der Waals surface area contributed by atoms with Crippen LogP contribution in [0.4, 0.5) is 4.48 Å². The highest BCUT2D eigenvalue weighted by Crippen LogP contribution is 2.46. The second kappa shape index (κ2) is 17.0. The fourth-order valence-corrected chi connectivity index (χ4v) is 4.48. The molecule has 0 saturated carbocycles. The van der Waals surface area contributed by atoms with Gasteiger partial charge in [0.05, 0.1) is 39.6 Å². The summed E-state index contributed by atoms with van der Waals surface area (Å²) in [4.78, 5) is 54.1. The number of halogens is 1. The Bertz CT molecular complexity index is 751. The van der Waals surface area contributed by atoms with Gasteiger partial charge >= 0.3 is 31.3 Å². The highest BCUT2D eigenvalue weighted by molar-refractivity contribution is 7.47. The monoisotopic (exact) mass is 617 g/mol. The summed E-state index contributed by atoms with van der Waals surface area (Å²) in [5.74, 6) is -2.92. The third-order valence-electron chi connectivity index (χ3n) is 3.88. The van der Waals surface area contributed by atoms with Crippen LogP contribution in [0.1, 0.15) is 0 Å². The lowest BCUT2D eigenvalue weighted by atomic mass is 10.2. The Kier molecular flexibility index (Phi) is 17.2. The van der Waals surface area contributed by atoms with Gasteiger partial charge in [-0.25, -0.2) is 18.3 Å². The standard InChI is InChI=1S/C12H32FN3O16P4/c13-16-3-12(8-31-35(23,24)29-6-10(1-14)4-27-33(17,18)19)9-32-36(25,26)30-7-11(2-15)5-28-34(20,21)22/h10-12,16H,1-9,14-15H2,(H,23,24)(H,25,26)(H2,17,18,19)(H2,20,21,22). The summed E-state index contributed by atoms with van der Waals surface area (Å²) in [7, 11) is -19.2. The summed E-state index contributed by atoms with van der Waals surface area (Å²) in [6, 6.07) is 0. The van der Waals surface area contributed by atoms with Gasteiger partial charge in [-0.2, -0.15) is 5.54 Å². The summed E-state index contributed by atoms with van der Waals surface area (Å²) >= 11 is 0. The number of hydrogen-bond donors (Lipinski definition) is 9. The number of phosphoric acid groups is 4. The molecule has 4 unspecified atom stereocenters. The second-order valence-electron chi connectivity index (χ2n) is 7.10. The van der Waals surface area contributed by atoms with E-state index in [1.54, 1.807) is 0 Å². The molecule has 0 fully saturated rings. The smallest absolute Gasteiger partial charge is 0.330 e. The molecule has 0 spiro atoms. The maximum absolute atomic E-state index is 12.6. The fraction of sp³-hybridized carbons (Fsp3) is 1.00. The Hall–Kier alpha value is 0.250. The van der Waals surface area contributed by atoms with Crippen LogP contribution in [0.15, 0.2) is 0 Å². The molecule has 0 radical (unpaired) electrons. The Morgan fingerprint density at radius 2 is 0.861 bits per heavy atom. The van der Waals surface area contributed by atoms with Gasteiger partial charge < -0.3 is 40.8 Å². The van der Waals surface area contributed by atoms with E-state index in [1.165, 1.54) is 5.54 Å². The van der Waals surface area contributed by atoms with Crippen LogP contribution in [0, 0.1) is 17.8 Å². The van der Waals surface area contributed by atoms with Crippen molar-refractivity contribution >= 4 is 31.3 Å². The van der Waals surface area contributed by atoms with Crippen molar-refractivity contribution in [3.63, 3.8) is 0 Å². The van der Waals surface area contributed by atoms with Crippen LogP contribution in [-0.2, 0) is 45.4 Å². The molecule has 0 bridgehead atoms. The van der Waals surface area contributed by atoms with Gasteiger partial charge in [0, 0.05) is 24.3 Å². The van der Waals surface area contributed by atoms with Gasteiger partial charge in [0.25, 0.3) is 0 Å². The van der Waals surface area contributed by atoms with Gasteiger partial charge in [0.2, 0.25) is 0 Å². The van der Waals surface area contributed by atoms with Gasteiger partial charge in [-0.3, -0.25) is 27.1 Å². The normalized spacial score (nSPS) is 18.8. The third kappa shape index (κ3) is 20.2. The number of nitrogens with two attached hydrogens (primary N) is 2. The van der Waals surface area contributed by atoms with Gasteiger partial charge in [0.1, 0.15) is 0 Å². The van der Waals surface area contributed by atoms with E-state index < -0.39 is 95.2 Å². The molecule has 19 nitrogen and oxygen atoms in total. The average Bonchev–Trinajstić information content (AvgIpc) is 2.74. The van der Waals surface area contributed by atoms with E-state index in [9.17, 15) is 32.5 Å². The number of phosphoric ester groups is 4. The first-order valence-electron chi connectivity index (χ1n) is 9.79. The molecule has 0 aromatic heterocycles. The molecule has 0 aromatic rings. The molecular formula is C12H32FN3O16P4. The van der Waals surface area contributed by atoms with E-state index >= 15 is 0 Å². The highest BCUT2D eigenvalue weighted by atomic mass is 31.2. The topological polar surface area (TPSA) is 309 Å². The predicted molar refractivity (Wildman–Crippen MR) is 117 cm³/mol. The molecule has 218 valence electrons. The molecule has 0 aliphatic heterocycles. The van der Waals surface area contributed by atoms with Crippen LogP contribution < -0.4 is 17.0 Å². The van der Waals surface area contributed by atoms with E-state index in [0.29, 0.717) is 0 Å². The molecule has 0 saturated heterocycles. The van der Waals surface area contributed by atoms with Crippen LogP contribution in [0.3, 0.4) is 0 Å². The Morgan fingerprint density at radius 1 is 0.583 bits per heavy atom. The lowest BCUT2D eigenvalue weighted by Gasteiger charge is -2.22. The van der Waals surface area contributed by atoms with E-state index in [4.69, 9.17) is 31.0 Å². The quantitative estimate of drug-likeness (QED) is 0.0504. The minimum atomic E-state index is -4.80. The lowest BCUT2D eigenvalue weighted by molar-refractivity contribution is 0.0702. The first kappa shape index (κ1) is 36.2. The Morgan fingerprint density at radius 3 is 1.11 bits per heavy atom. The number of rotatable bonds is 22. The summed E-state index contributed by atoms with van der Waals surface area (Å²) in [5, 5.41) is 0. The molecule has 0 aliphatic rings. The Balaban J connectivity index is 4.68. The largest absolute Gasteiger partial charge is 0.472 e. The molecule has 36 heavy (non-hydrogen) atoms. The van der Waals surface area contributed by atoms with Crippen molar-refractivity contribution in [3.05, 3.63) is 0 Å². The van der Waals surface area contributed by atoms with Crippen LogP contribution >= 0.6 is 31.3 Å². The molecule has 0 amide bonds. The Labute approximate surface area is 205 Å². The predicted octanol–water partition coefficient (Wildman–Crippen LogP) is -1.29. The van der Waals surface area contributed by atoms with Crippen molar-refractivity contribution < 1.29 is 79.2 Å². The molecule has 24 heteroatoms. The van der Waals surface area contributed by atoms with Crippen molar-refractivity contribution in [2.75, 3.05) is 59.3 Å². The zero-order chi connectivity index (χ0) is 28.0. The van der Waals surface area contributed by atoms with Crippen LogP contribution in [-0.4, -0.2) is 88.6 Å². The maximum atomic E-state index is 12.6. The molecule has 4 atom stereocenters. The minimum absolute atomic E-state index is 0.232. The maximum Gasteiger partial charge on any atom is 0.472 e.